The van der Waals surface area contributed by atoms with Crippen molar-refractivity contribution in [2.24, 2.45) is 0 Å². The summed E-state index contributed by atoms with van der Waals surface area (Å²) in [7, 11) is 6.49. The Bertz CT molecular complexity index is 1360. The fourth-order valence-corrected chi connectivity index (χ4v) is 4.55. The molecule has 0 radical (unpaired) electrons. The molecular formula is C26H29N5O5. The third-order valence-corrected chi connectivity index (χ3v) is 6.23. The van der Waals surface area contributed by atoms with Crippen LogP contribution < -0.4 is 0 Å². The maximum atomic E-state index is 12.2. The number of ether oxygens (including phenoxy) is 2. The average molecular weight is 492 g/mol. The number of rotatable bonds is 3. The molecule has 0 bridgehead atoms. The molecule has 10 heteroatoms. The second-order valence-corrected chi connectivity index (χ2v) is 8.83. The van der Waals surface area contributed by atoms with E-state index in [0.717, 1.165) is 52.3 Å². The molecule has 3 aromatic rings. The molecule has 0 aromatic carbocycles. The first kappa shape index (κ1) is 24.9. The van der Waals surface area contributed by atoms with Gasteiger partial charge in [-0.05, 0) is 49.3 Å². The highest BCUT2D eigenvalue weighted by atomic mass is 16.5. The van der Waals surface area contributed by atoms with Crippen LogP contribution in [0, 0.1) is 6.92 Å². The molecule has 0 saturated carbocycles. The van der Waals surface area contributed by atoms with Crippen LogP contribution in [-0.4, -0.2) is 70.9 Å². The van der Waals surface area contributed by atoms with E-state index in [-0.39, 0.29) is 11.8 Å². The number of aromatic amines is 2. The lowest BCUT2D eigenvalue weighted by Crippen LogP contribution is -2.18. The van der Waals surface area contributed by atoms with Crippen LogP contribution in [-0.2, 0) is 28.7 Å². The summed E-state index contributed by atoms with van der Waals surface area (Å²) in [5.41, 5.74) is 7.03. The predicted molar refractivity (Wildman–Crippen MR) is 132 cm³/mol. The van der Waals surface area contributed by atoms with Gasteiger partial charge in [0.1, 0.15) is 5.82 Å². The number of methoxy groups -OCH3 is 2. The van der Waals surface area contributed by atoms with Crippen LogP contribution in [0.5, 0.6) is 0 Å². The number of carbonyl (C=O) groups excluding carboxylic acids is 3. The number of fused-ring (bicyclic) bond motifs is 4. The largest absolute Gasteiger partial charge is 0.465 e. The summed E-state index contributed by atoms with van der Waals surface area (Å²) in [6, 6.07) is 0. The van der Waals surface area contributed by atoms with Crippen LogP contribution >= 0.6 is 0 Å². The number of aromatic nitrogens is 4. The zero-order valence-corrected chi connectivity index (χ0v) is 21.0. The maximum absolute atomic E-state index is 12.2. The topological polar surface area (TPSA) is 130 Å². The van der Waals surface area contributed by atoms with Gasteiger partial charge in [-0.25, -0.2) is 19.6 Å². The van der Waals surface area contributed by atoms with E-state index >= 15 is 0 Å². The summed E-state index contributed by atoms with van der Waals surface area (Å²) in [6.07, 6.45) is 9.91. The highest BCUT2D eigenvalue weighted by Crippen LogP contribution is 2.33. The lowest BCUT2D eigenvalue weighted by Gasteiger charge is -2.16. The number of carbonyl (C=O) groups is 3. The van der Waals surface area contributed by atoms with E-state index in [1.165, 1.54) is 14.2 Å². The number of hydrogen-bond donors (Lipinski definition) is 2. The van der Waals surface area contributed by atoms with Gasteiger partial charge in [0, 0.05) is 44.5 Å². The second-order valence-electron chi connectivity index (χ2n) is 8.83. The molecule has 0 aliphatic heterocycles. The van der Waals surface area contributed by atoms with Crippen molar-refractivity contribution >= 4 is 17.7 Å². The molecule has 0 spiro atoms. The molecule has 10 nitrogen and oxygen atoms in total. The van der Waals surface area contributed by atoms with Crippen LogP contribution in [0.2, 0.25) is 0 Å². The minimum atomic E-state index is -0.402. The number of aryl methyl sites for hydroxylation is 2. The Morgan fingerprint density at radius 3 is 2.14 bits per heavy atom. The van der Waals surface area contributed by atoms with Gasteiger partial charge in [-0.3, -0.25) is 4.79 Å². The Morgan fingerprint density at radius 1 is 0.944 bits per heavy atom. The lowest BCUT2D eigenvalue weighted by atomic mass is 9.90. The summed E-state index contributed by atoms with van der Waals surface area (Å²) in [4.78, 5) is 51.9. The molecule has 188 valence electrons. The van der Waals surface area contributed by atoms with Crippen molar-refractivity contribution in [3.8, 4) is 11.4 Å². The first-order chi connectivity index (χ1) is 17.2. The minimum absolute atomic E-state index is 0.0416. The number of H-pyrrole nitrogens is 2. The Hall–Kier alpha value is -4.21. The zero-order chi connectivity index (χ0) is 26.0. The van der Waals surface area contributed by atoms with E-state index in [4.69, 9.17) is 9.47 Å². The third-order valence-electron chi connectivity index (χ3n) is 6.23. The number of ketones is 1. The molecule has 5 rings (SSSR count). The quantitative estimate of drug-likeness (QED) is 0.422. The van der Waals surface area contributed by atoms with E-state index in [1.54, 1.807) is 12.4 Å². The van der Waals surface area contributed by atoms with Gasteiger partial charge in [0.25, 0.3) is 0 Å². The van der Waals surface area contributed by atoms with E-state index in [9.17, 15) is 14.4 Å². The second kappa shape index (κ2) is 10.2. The molecule has 0 saturated heterocycles. The van der Waals surface area contributed by atoms with Crippen molar-refractivity contribution in [2.45, 2.75) is 32.6 Å². The minimum Gasteiger partial charge on any atom is -0.465 e. The normalized spacial score (nSPS) is 14.7. The average Bonchev–Trinajstić information content (AvgIpc) is 3.50. The van der Waals surface area contributed by atoms with Crippen LogP contribution in [0.1, 0.15) is 60.1 Å². The summed E-state index contributed by atoms with van der Waals surface area (Å²) >= 11 is 0. The highest BCUT2D eigenvalue weighted by Gasteiger charge is 2.28. The van der Waals surface area contributed by atoms with Crippen molar-refractivity contribution < 1.29 is 23.9 Å². The molecule has 0 unspecified atom stereocenters. The van der Waals surface area contributed by atoms with Crippen molar-refractivity contribution in [1.82, 2.24) is 24.8 Å². The van der Waals surface area contributed by atoms with E-state index < -0.39 is 5.97 Å². The van der Waals surface area contributed by atoms with Crippen molar-refractivity contribution in [1.29, 1.82) is 0 Å². The fraction of sp³-hybridized carbons (Fsp3) is 0.346. The highest BCUT2D eigenvalue weighted by molar-refractivity contribution is 6.11. The SMILES string of the molecule is COC(=O)c1c[nH]c2c1CC/C(=C\N(C)C)C2=O.COC(=O)c1c[nH]c2c1CCc1cnc(C)nc1-2. The van der Waals surface area contributed by atoms with Gasteiger partial charge in [-0.15, -0.1) is 0 Å². The van der Waals surface area contributed by atoms with Gasteiger partial charge in [-0.1, -0.05) is 0 Å². The van der Waals surface area contributed by atoms with Crippen LogP contribution in [0.25, 0.3) is 11.4 Å². The maximum Gasteiger partial charge on any atom is 0.339 e. The number of nitrogens with one attached hydrogen (secondary N) is 2. The first-order valence-electron chi connectivity index (χ1n) is 11.6. The van der Waals surface area contributed by atoms with E-state index in [0.29, 0.717) is 29.7 Å². The summed E-state index contributed by atoms with van der Waals surface area (Å²) in [5.74, 6) is -0.0158. The smallest absolute Gasteiger partial charge is 0.339 e. The van der Waals surface area contributed by atoms with Gasteiger partial charge < -0.3 is 24.3 Å². The Labute approximate surface area is 208 Å². The Kier molecular flexibility index (Phi) is 7.05. The Balaban J connectivity index is 0.000000169. The fourth-order valence-electron chi connectivity index (χ4n) is 4.55. The van der Waals surface area contributed by atoms with E-state index in [1.807, 2.05) is 38.3 Å². The summed E-state index contributed by atoms with van der Waals surface area (Å²) < 4.78 is 9.47. The van der Waals surface area contributed by atoms with Gasteiger partial charge in [0.05, 0.1) is 42.4 Å². The number of esters is 2. The molecule has 3 aromatic heterocycles. The van der Waals surface area contributed by atoms with Crippen LogP contribution in [0.15, 0.2) is 30.4 Å². The molecule has 0 atom stereocenters. The van der Waals surface area contributed by atoms with Crippen molar-refractivity contribution in [3.05, 3.63) is 69.7 Å². The standard InChI is InChI=1S/C13H13N3O2.C13H16N2O3/c1-7-14-5-8-3-4-9-10(13(17)18-2)6-15-12(9)11(8)16-7;1-15(2)7-8-4-5-9-10(13(17)18-3)6-14-11(9)12(8)16/h5-6,15H,3-4H2,1-2H3;6-7,14H,4-5H2,1-3H3/b;8-7+. The number of hydrogen-bond acceptors (Lipinski definition) is 8. The van der Waals surface area contributed by atoms with E-state index in [2.05, 4.69) is 19.9 Å². The summed E-state index contributed by atoms with van der Waals surface area (Å²) in [6.45, 7) is 1.86. The number of nitrogens with zero attached hydrogens (tertiary/aromatic N) is 3. The van der Waals surface area contributed by atoms with Gasteiger partial charge in [0.2, 0.25) is 5.78 Å². The monoisotopic (exact) mass is 491 g/mol. The van der Waals surface area contributed by atoms with Crippen molar-refractivity contribution in [2.75, 3.05) is 28.3 Å². The number of allylic oxidation sites excluding steroid dienone is 1. The van der Waals surface area contributed by atoms with Crippen LogP contribution in [0.3, 0.4) is 0 Å². The zero-order valence-electron chi connectivity index (χ0n) is 21.0. The van der Waals surface area contributed by atoms with Gasteiger partial charge in [0.15, 0.2) is 0 Å². The Morgan fingerprint density at radius 2 is 1.53 bits per heavy atom. The third kappa shape index (κ3) is 4.66. The van der Waals surface area contributed by atoms with Gasteiger partial charge >= 0.3 is 11.9 Å². The molecule has 36 heavy (non-hydrogen) atoms. The van der Waals surface area contributed by atoms with Gasteiger partial charge in [-0.2, -0.15) is 0 Å². The molecule has 2 aliphatic carbocycles. The summed E-state index contributed by atoms with van der Waals surface area (Å²) in [5, 5.41) is 0. The molecule has 2 N–H and O–H groups in total. The first-order valence-corrected chi connectivity index (χ1v) is 11.6. The number of Topliss-reactive ketones (excluding diaryl/α,β-unsaturated/α-hetero) is 1. The van der Waals surface area contributed by atoms with Crippen molar-refractivity contribution in [3.63, 3.8) is 0 Å². The lowest BCUT2D eigenvalue weighted by molar-refractivity contribution is 0.0590. The molecule has 2 aliphatic rings. The predicted octanol–water partition coefficient (Wildman–Crippen LogP) is 3.04. The molecule has 0 amide bonds. The molecular weight excluding hydrogens is 462 g/mol. The molecule has 0 fully saturated rings. The van der Waals surface area contributed by atoms with Crippen LogP contribution in [0.4, 0.5) is 0 Å². The molecule has 3 heterocycles.